The quantitative estimate of drug-likeness (QED) is 0.813. The number of hydrogen-bond donors (Lipinski definition) is 1. The molecule has 1 heterocycles. The minimum absolute atomic E-state index is 0.506. The third-order valence-electron chi connectivity index (χ3n) is 2.27. The average molecular weight is 233 g/mol. The molecule has 0 aliphatic carbocycles. The largest absolute Gasteiger partial charge is 0.357 e. The third kappa shape index (κ3) is 4.27. The maximum absolute atomic E-state index is 8.68. The van der Waals surface area contributed by atoms with Crippen LogP contribution in [0, 0.1) is 17.2 Å². The summed E-state index contributed by atoms with van der Waals surface area (Å²) in [4.78, 5) is 10.6. The summed E-state index contributed by atoms with van der Waals surface area (Å²) in [5, 5.41) is 11.6. The number of aromatic nitrogens is 2. The van der Waals surface area contributed by atoms with E-state index in [0.717, 1.165) is 12.4 Å². The zero-order chi connectivity index (χ0) is 12.7. The summed E-state index contributed by atoms with van der Waals surface area (Å²) in [5.74, 6) is 2.00. The molecule has 0 bridgehead atoms. The van der Waals surface area contributed by atoms with Crippen molar-refractivity contribution in [3.8, 4) is 6.07 Å². The summed E-state index contributed by atoms with van der Waals surface area (Å²) in [5.41, 5.74) is 0. The standard InChI is InChI=1S/C12H19N5/c1-10(2)9-17(8-4-6-13)11-5-7-15-12(14-3)16-11/h5,7,10H,4,8-9H2,1-3H3,(H,14,15,16). The van der Waals surface area contributed by atoms with E-state index in [9.17, 15) is 0 Å². The highest BCUT2D eigenvalue weighted by atomic mass is 15.2. The van der Waals surface area contributed by atoms with Crippen LogP contribution in [0.3, 0.4) is 0 Å². The van der Waals surface area contributed by atoms with Crippen molar-refractivity contribution in [3.63, 3.8) is 0 Å². The van der Waals surface area contributed by atoms with E-state index in [1.807, 2.05) is 6.07 Å². The lowest BCUT2D eigenvalue weighted by molar-refractivity contribution is 0.607. The van der Waals surface area contributed by atoms with E-state index in [4.69, 9.17) is 5.26 Å². The second-order valence-electron chi connectivity index (χ2n) is 4.24. The summed E-state index contributed by atoms with van der Waals surface area (Å²) in [6.07, 6.45) is 2.24. The summed E-state index contributed by atoms with van der Waals surface area (Å²) in [6, 6.07) is 4.04. The van der Waals surface area contributed by atoms with Crippen molar-refractivity contribution in [2.75, 3.05) is 30.4 Å². The average Bonchev–Trinajstić information content (AvgIpc) is 2.34. The third-order valence-corrected chi connectivity index (χ3v) is 2.27. The maximum atomic E-state index is 8.68. The Morgan fingerprint density at radius 2 is 2.29 bits per heavy atom. The van der Waals surface area contributed by atoms with Crippen LogP contribution in [0.4, 0.5) is 11.8 Å². The molecule has 1 aromatic rings. The van der Waals surface area contributed by atoms with Gasteiger partial charge in [-0.1, -0.05) is 13.8 Å². The van der Waals surface area contributed by atoms with Gasteiger partial charge in [-0.25, -0.2) is 4.98 Å². The van der Waals surface area contributed by atoms with Crippen LogP contribution in [-0.2, 0) is 0 Å². The first-order valence-corrected chi connectivity index (χ1v) is 5.80. The molecule has 1 rings (SSSR count). The summed E-state index contributed by atoms with van der Waals surface area (Å²) in [6.45, 7) is 5.90. The van der Waals surface area contributed by atoms with E-state index in [1.54, 1.807) is 13.2 Å². The molecule has 0 fully saturated rings. The Bertz CT molecular complexity index is 383. The Morgan fingerprint density at radius 1 is 1.53 bits per heavy atom. The zero-order valence-corrected chi connectivity index (χ0v) is 10.6. The van der Waals surface area contributed by atoms with Gasteiger partial charge in [-0.2, -0.15) is 10.2 Å². The van der Waals surface area contributed by atoms with Gasteiger partial charge in [0.2, 0.25) is 5.95 Å². The van der Waals surface area contributed by atoms with Crippen LogP contribution in [0.5, 0.6) is 0 Å². The van der Waals surface area contributed by atoms with Crippen LogP contribution in [0.25, 0.3) is 0 Å². The molecule has 0 radical (unpaired) electrons. The Labute approximate surface area is 102 Å². The molecule has 0 aromatic carbocycles. The molecule has 0 amide bonds. The molecule has 1 aromatic heterocycles. The van der Waals surface area contributed by atoms with Crippen molar-refractivity contribution < 1.29 is 0 Å². The van der Waals surface area contributed by atoms with Crippen LogP contribution in [0.15, 0.2) is 12.3 Å². The molecule has 92 valence electrons. The second-order valence-corrected chi connectivity index (χ2v) is 4.24. The Morgan fingerprint density at radius 3 is 2.88 bits per heavy atom. The van der Waals surface area contributed by atoms with Gasteiger partial charge in [0.15, 0.2) is 0 Å². The number of anilines is 2. The van der Waals surface area contributed by atoms with Crippen molar-refractivity contribution in [1.82, 2.24) is 9.97 Å². The fourth-order valence-electron chi connectivity index (χ4n) is 1.57. The van der Waals surface area contributed by atoms with E-state index in [-0.39, 0.29) is 0 Å². The first-order valence-electron chi connectivity index (χ1n) is 5.80. The van der Waals surface area contributed by atoms with Crippen LogP contribution >= 0.6 is 0 Å². The molecule has 0 unspecified atom stereocenters. The van der Waals surface area contributed by atoms with Crippen LogP contribution in [0.2, 0.25) is 0 Å². The van der Waals surface area contributed by atoms with E-state index >= 15 is 0 Å². The minimum Gasteiger partial charge on any atom is -0.357 e. The van der Waals surface area contributed by atoms with Gasteiger partial charge in [0, 0.05) is 26.3 Å². The Balaban J connectivity index is 2.83. The second kappa shape index (κ2) is 6.69. The zero-order valence-electron chi connectivity index (χ0n) is 10.6. The predicted molar refractivity (Wildman–Crippen MR) is 68.9 cm³/mol. The molecule has 0 saturated carbocycles. The summed E-state index contributed by atoms with van der Waals surface area (Å²) < 4.78 is 0. The normalized spacial score (nSPS) is 10.1. The molecular weight excluding hydrogens is 214 g/mol. The maximum Gasteiger partial charge on any atom is 0.224 e. The molecular formula is C12H19N5. The summed E-state index contributed by atoms with van der Waals surface area (Å²) in [7, 11) is 1.79. The Hall–Kier alpha value is -1.83. The van der Waals surface area contributed by atoms with Gasteiger partial charge in [-0.05, 0) is 12.0 Å². The first-order chi connectivity index (χ1) is 8.17. The lowest BCUT2D eigenvalue weighted by Crippen LogP contribution is -2.29. The number of rotatable bonds is 6. The molecule has 0 aliphatic heterocycles. The van der Waals surface area contributed by atoms with Crippen molar-refractivity contribution in [2.45, 2.75) is 20.3 Å². The van der Waals surface area contributed by atoms with Gasteiger partial charge in [0.1, 0.15) is 5.82 Å². The highest BCUT2D eigenvalue weighted by Gasteiger charge is 2.10. The van der Waals surface area contributed by atoms with E-state index in [0.29, 0.717) is 24.8 Å². The van der Waals surface area contributed by atoms with Crippen molar-refractivity contribution in [3.05, 3.63) is 12.3 Å². The fourth-order valence-corrected chi connectivity index (χ4v) is 1.57. The first kappa shape index (κ1) is 13.2. The molecule has 17 heavy (non-hydrogen) atoms. The molecule has 1 N–H and O–H groups in total. The number of nitrogens with zero attached hydrogens (tertiary/aromatic N) is 4. The predicted octanol–water partition coefficient (Wildman–Crippen LogP) is 1.89. The molecule has 0 aliphatic rings. The van der Waals surface area contributed by atoms with E-state index in [2.05, 4.69) is 40.1 Å². The molecule has 0 spiro atoms. The topological polar surface area (TPSA) is 64.8 Å². The molecule has 5 heteroatoms. The summed E-state index contributed by atoms with van der Waals surface area (Å²) >= 11 is 0. The number of nitrogens with one attached hydrogen (secondary N) is 1. The van der Waals surface area contributed by atoms with Crippen LogP contribution < -0.4 is 10.2 Å². The van der Waals surface area contributed by atoms with Gasteiger partial charge in [-0.15, -0.1) is 0 Å². The van der Waals surface area contributed by atoms with Crippen molar-refractivity contribution in [2.24, 2.45) is 5.92 Å². The van der Waals surface area contributed by atoms with Gasteiger partial charge in [0.05, 0.1) is 12.5 Å². The molecule has 5 nitrogen and oxygen atoms in total. The van der Waals surface area contributed by atoms with Gasteiger partial charge >= 0.3 is 0 Å². The lowest BCUT2D eigenvalue weighted by Gasteiger charge is -2.24. The minimum atomic E-state index is 0.506. The highest BCUT2D eigenvalue weighted by Crippen LogP contribution is 2.14. The van der Waals surface area contributed by atoms with Gasteiger partial charge in [-0.3, -0.25) is 0 Å². The lowest BCUT2D eigenvalue weighted by atomic mass is 10.2. The SMILES string of the molecule is CNc1nccc(N(CCC#N)CC(C)C)n1. The van der Waals surface area contributed by atoms with Crippen molar-refractivity contribution >= 4 is 11.8 Å². The monoisotopic (exact) mass is 233 g/mol. The fraction of sp³-hybridized carbons (Fsp3) is 0.583. The smallest absolute Gasteiger partial charge is 0.224 e. The van der Waals surface area contributed by atoms with Crippen molar-refractivity contribution in [1.29, 1.82) is 5.26 Å². The van der Waals surface area contributed by atoms with Crippen LogP contribution in [-0.4, -0.2) is 30.1 Å². The number of hydrogen-bond acceptors (Lipinski definition) is 5. The molecule has 0 atom stereocenters. The van der Waals surface area contributed by atoms with E-state index < -0.39 is 0 Å². The van der Waals surface area contributed by atoms with Gasteiger partial charge < -0.3 is 10.2 Å². The van der Waals surface area contributed by atoms with Crippen LogP contribution in [0.1, 0.15) is 20.3 Å². The van der Waals surface area contributed by atoms with E-state index in [1.165, 1.54) is 0 Å². The molecule has 0 saturated heterocycles. The number of nitriles is 1. The highest BCUT2D eigenvalue weighted by molar-refractivity contribution is 5.42. The Kier molecular flexibility index (Phi) is 5.21. The van der Waals surface area contributed by atoms with Gasteiger partial charge in [0.25, 0.3) is 0 Å².